The van der Waals surface area contributed by atoms with Gasteiger partial charge >= 0.3 is 0 Å². The van der Waals surface area contributed by atoms with Gasteiger partial charge in [-0.25, -0.2) is 0 Å². The number of anilines is 2. The van der Waals surface area contributed by atoms with Crippen LogP contribution in [0.15, 0.2) is 48.7 Å². The molecule has 0 saturated carbocycles. The number of fused-ring (bicyclic) bond motifs is 3. The Morgan fingerprint density at radius 1 is 0.909 bits per heavy atom. The molecule has 3 aromatic rings. The van der Waals surface area contributed by atoms with Gasteiger partial charge in [0.05, 0.1) is 11.1 Å². The third-order valence-electron chi connectivity index (χ3n) is 7.93. The fourth-order valence-corrected chi connectivity index (χ4v) is 6.36. The first-order valence-electron chi connectivity index (χ1n) is 12.4. The van der Waals surface area contributed by atoms with Crippen LogP contribution in [0.1, 0.15) is 36.5 Å². The summed E-state index contributed by atoms with van der Waals surface area (Å²) in [6.07, 6.45) is 6.89. The van der Waals surface area contributed by atoms with Gasteiger partial charge in [-0.2, -0.15) is 5.26 Å². The molecule has 5 nitrogen and oxygen atoms in total. The van der Waals surface area contributed by atoms with Crippen molar-refractivity contribution in [1.29, 1.82) is 5.26 Å². The zero-order chi connectivity index (χ0) is 22.4. The van der Waals surface area contributed by atoms with Gasteiger partial charge in [-0.05, 0) is 74.1 Å². The van der Waals surface area contributed by atoms with Crippen LogP contribution >= 0.6 is 0 Å². The highest BCUT2D eigenvalue weighted by Gasteiger charge is 2.37. The normalized spacial score (nSPS) is 23.2. The molecule has 0 N–H and O–H groups in total. The highest BCUT2D eigenvalue weighted by atomic mass is 15.4. The molecular formula is C28H31N5. The van der Waals surface area contributed by atoms with Crippen molar-refractivity contribution < 1.29 is 0 Å². The zero-order valence-corrected chi connectivity index (χ0v) is 19.4. The summed E-state index contributed by atoms with van der Waals surface area (Å²) in [6.45, 7) is 7.69. The van der Waals surface area contributed by atoms with Crippen LogP contribution in [0.2, 0.25) is 0 Å². The molecule has 2 atom stereocenters. The van der Waals surface area contributed by atoms with Crippen molar-refractivity contribution in [2.24, 2.45) is 0 Å². The van der Waals surface area contributed by atoms with E-state index in [9.17, 15) is 5.26 Å². The second kappa shape index (κ2) is 8.35. The van der Waals surface area contributed by atoms with Gasteiger partial charge < -0.3 is 9.80 Å². The summed E-state index contributed by atoms with van der Waals surface area (Å²) in [5.74, 6) is 0. The monoisotopic (exact) mass is 437 g/mol. The third kappa shape index (κ3) is 3.54. The molecule has 2 aromatic carbocycles. The Morgan fingerprint density at radius 2 is 1.79 bits per heavy atom. The minimum atomic E-state index is 0.490. The molecule has 1 aromatic heterocycles. The van der Waals surface area contributed by atoms with E-state index in [0.29, 0.717) is 17.6 Å². The number of pyridine rings is 1. The number of nitriles is 1. The minimum Gasteiger partial charge on any atom is -0.368 e. The lowest BCUT2D eigenvalue weighted by Crippen LogP contribution is -2.65. The van der Waals surface area contributed by atoms with Gasteiger partial charge in [0.15, 0.2) is 0 Å². The van der Waals surface area contributed by atoms with Crippen LogP contribution in [0.25, 0.3) is 10.9 Å². The summed E-state index contributed by atoms with van der Waals surface area (Å²) in [6, 6.07) is 18.4. The van der Waals surface area contributed by atoms with E-state index >= 15 is 0 Å². The molecule has 0 amide bonds. The largest absolute Gasteiger partial charge is 0.368 e. The topological polar surface area (TPSA) is 46.4 Å². The number of aromatic nitrogens is 1. The molecule has 2 aliphatic heterocycles. The van der Waals surface area contributed by atoms with Gasteiger partial charge in [0.1, 0.15) is 6.07 Å². The van der Waals surface area contributed by atoms with E-state index in [0.717, 1.165) is 43.6 Å². The predicted octanol–water partition coefficient (Wildman–Crippen LogP) is 4.38. The Morgan fingerprint density at radius 3 is 2.70 bits per heavy atom. The average molecular weight is 438 g/mol. The maximum atomic E-state index is 9.54. The van der Waals surface area contributed by atoms with E-state index in [1.807, 2.05) is 12.1 Å². The van der Waals surface area contributed by atoms with Crippen molar-refractivity contribution in [3.8, 4) is 6.07 Å². The van der Waals surface area contributed by atoms with Gasteiger partial charge in [0.2, 0.25) is 0 Å². The third-order valence-corrected chi connectivity index (χ3v) is 7.93. The van der Waals surface area contributed by atoms with Crippen LogP contribution in [0.3, 0.4) is 0 Å². The molecular weight excluding hydrogens is 406 g/mol. The number of rotatable bonds is 2. The van der Waals surface area contributed by atoms with E-state index < -0.39 is 0 Å². The molecule has 6 rings (SSSR count). The van der Waals surface area contributed by atoms with E-state index in [-0.39, 0.29) is 0 Å². The number of piperazine rings is 2. The van der Waals surface area contributed by atoms with Crippen LogP contribution < -0.4 is 9.80 Å². The van der Waals surface area contributed by atoms with Crippen molar-refractivity contribution in [2.75, 3.05) is 42.5 Å². The molecule has 0 unspecified atom stereocenters. The zero-order valence-electron chi connectivity index (χ0n) is 19.4. The van der Waals surface area contributed by atoms with Gasteiger partial charge in [-0.1, -0.05) is 12.1 Å². The number of hydrogen-bond acceptors (Lipinski definition) is 5. The summed E-state index contributed by atoms with van der Waals surface area (Å²) in [7, 11) is 0. The smallest absolute Gasteiger partial charge is 0.101 e. The van der Waals surface area contributed by atoms with E-state index in [1.165, 1.54) is 37.1 Å². The number of nitrogens with zero attached hydrogens (tertiary/aromatic N) is 5. The van der Waals surface area contributed by atoms with Gasteiger partial charge in [-0.3, -0.25) is 9.88 Å². The van der Waals surface area contributed by atoms with Crippen molar-refractivity contribution in [2.45, 2.75) is 44.7 Å². The van der Waals surface area contributed by atoms with Gasteiger partial charge in [0, 0.05) is 67.8 Å². The van der Waals surface area contributed by atoms with Gasteiger partial charge in [-0.15, -0.1) is 0 Å². The Kier molecular flexibility index (Phi) is 5.19. The van der Waals surface area contributed by atoms with Crippen LogP contribution in [0, 0.1) is 11.3 Å². The Hall–Kier alpha value is -3.10. The summed E-state index contributed by atoms with van der Waals surface area (Å²) in [5.41, 5.74) is 7.31. The molecule has 3 heterocycles. The fourth-order valence-electron chi connectivity index (χ4n) is 6.36. The van der Waals surface area contributed by atoms with Gasteiger partial charge in [0.25, 0.3) is 0 Å². The number of aryl methyl sites for hydroxylation is 1. The van der Waals surface area contributed by atoms with Crippen molar-refractivity contribution >= 4 is 22.3 Å². The molecule has 2 saturated heterocycles. The Labute approximate surface area is 196 Å². The molecule has 0 radical (unpaired) electrons. The number of hydrogen-bond donors (Lipinski definition) is 0. The van der Waals surface area contributed by atoms with E-state index in [4.69, 9.17) is 0 Å². The Balaban J connectivity index is 1.30. The van der Waals surface area contributed by atoms with Crippen molar-refractivity contribution in [3.05, 3.63) is 65.4 Å². The van der Waals surface area contributed by atoms with Crippen LogP contribution in [-0.2, 0) is 12.8 Å². The molecule has 0 spiro atoms. The summed E-state index contributed by atoms with van der Waals surface area (Å²) >= 11 is 0. The summed E-state index contributed by atoms with van der Waals surface area (Å²) in [5, 5.41) is 10.6. The lowest BCUT2D eigenvalue weighted by atomic mass is 9.89. The maximum Gasteiger partial charge on any atom is 0.101 e. The minimum absolute atomic E-state index is 0.490. The predicted molar refractivity (Wildman–Crippen MR) is 134 cm³/mol. The maximum absolute atomic E-state index is 9.54. The summed E-state index contributed by atoms with van der Waals surface area (Å²) < 4.78 is 0. The molecule has 33 heavy (non-hydrogen) atoms. The second-order valence-corrected chi connectivity index (χ2v) is 9.86. The lowest BCUT2D eigenvalue weighted by molar-refractivity contribution is 0.108. The van der Waals surface area contributed by atoms with Crippen LogP contribution in [0.5, 0.6) is 0 Å². The van der Waals surface area contributed by atoms with E-state index in [1.54, 1.807) is 17.3 Å². The average Bonchev–Trinajstić information content (AvgIpc) is 2.87. The van der Waals surface area contributed by atoms with Crippen molar-refractivity contribution in [3.63, 3.8) is 0 Å². The molecule has 1 aliphatic carbocycles. The van der Waals surface area contributed by atoms with Crippen LogP contribution in [-0.4, -0.2) is 54.7 Å². The fraction of sp³-hybridized carbons (Fsp3) is 0.429. The first kappa shape index (κ1) is 20.5. The standard InChI is InChI=1S/C28H31N5/c1-20-17-32(27-12-11-22(16-29)28-25(27)9-5-13-30-28)19-23-18-31(14-15-33(20)23)26-10-4-7-21-6-2-3-8-24(21)26/h4-5,7,9-13,20,23H,2-3,6,8,14-15,17-19H2,1H3/t20-,23-/m1/s1. The van der Waals surface area contributed by atoms with E-state index in [2.05, 4.69) is 63.0 Å². The van der Waals surface area contributed by atoms with Crippen LogP contribution in [0.4, 0.5) is 11.4 Å². The molecule has 2 fully saturated rings. The molecule has 3 aliphatic rings. The quantitative estimate of drug-likeness (QED) is 0.595. The lowest BCUT2D eigenvalue weighted by Gasteiger charge is -2.52. The Bertz CT molecular complexity index is 1230. The molecule has 5 heteroatoms. The summed E-state index contributed by atoms with van der Waals surface area (Å²) in [4.78, 5) is 12.4. The first-order valence-corrected chi connectivity index (χ1v) is 12.4. The highest BCUT2D eigenvalue weighted by Crippen LogP contribution is 2.35. The SMILES string of the molecule is C[C@@H]1CN(c2ccc(C#N)c3ncccc23)C[C@H]2CN(c3cccc4c3CCCC4)CCN21. The number of benzene rings is 2. The highest BCUT2D eigenvalue weighted by molar-refractivity contribution is 5.95. The first-order chi connectivity index (χ1) is 16.2. The molecule has 0 bridgehead atoms. The van der Waals surface area contributed by atoms with Crippen molar-refractivity contribution in [1.82, 2.24) is 9.88 Å². The molecule has 168 valence electrons. The second-order valence-electron chi connectivity index (χ2n) is 9.86.